The van der Waals surface area contributed by atoms with Crippen molar-refractivity contribution in [2.24, 2.45) is 0 Å². The number of aromatic carboxylic acids is 1. The zero-order valence-corrected chi connectivity index (χ0v) is 10.1. The highest BCUT2D eigenvalue weighted by atomic mass is 16.4. The molecule has 20 heavy (non-hydrogen) atoms. The number of carbonyl (C=O) groups is 1. The number of H-pyrrole nitrogens is 1. The zero-order valence-electron chi connectivity index (χ0n) is 10.1. The van der Waals surface area contributed by atoms with Crippen LogP contribution in [0.3, 0.4) is 0 Å². The number of para-hydroxylation sites is 1. The summed E-state index contributed by atoms with van der Waals surface area (Å²) in [6, 6.07) is 6.78. The third kappa shape index (κ3) is 1.91. The monoisotopic (exact) mass is 268 g/mol. The van der Waals surface area contributed by atoms with Crippen molar-refractivity contribution in [1.82, 2.24) is 19.9 Å². The fourth-order valence-corrected chi connectivity index (χ4v) is 1.87. The molecule has 2 aromatic heterocycles. The number of carboxylic acid groups (broad SMARTS) is 1. The van der Waals surface area contributed by atoms with E-state index in [9.17, 15) is 9.59 Å². The lowest BCUT2D eigenvalue weighted by Gasteiger charge is -2.04. The van der Waals surface area contributed by atoms with E-state index < -0.39 is 5.97 Å². The number of nitrogens with zero attached hydrogens (tertiary/aromatic N) is 3. The molecule has 0 radical (unpaired) electrons. The quantitative estimate of drug-likeness (QED) is 0.719. The number of nitrogens with one attached hydrogen (secondary N) is 1. The van der Waals surface area contributed by atoms with Gasteiger partial charge in [0, 0.05) is 12.4 Å². The third-order valence-electron chi connectivity index (χ3n) is 2.74. The number of carboxylic acids is 1. The summed E-state index contributed by atoms with van der Waals surface area (Å²) in [5.41, 5.74) is -0.116. The molecule has 0 fully saturated rings. The fourth-order valence-electron chi connectivity index (χ4n) is 1.87. The molecule has 0 aliphatic heterocycles. The first-order valence-electron chi connectivity index (χ1n) is 5.70. The number of hydrogen-bond acceptors (Lipinski definition) is 5. The number of rotatable bonds is 2. The maximum atomic E-state index is 12.0. The Kier molecular flexibility index (Phi) is 2.72. The van der Waals surface area contributed by atoms with E-state index in [4.69, 9.17) is 5.11 Å². The van der Waals surface area contributed by atoms with Gasteiger partial charge < -0.3 is 10.1 Å². The third-order valence-corrected chi connectivity index (χ3v) is 2.74. The van der Waals surface area contributed by atoms with Crippen LogP contribution in [0.1, 0.15) is 10.5 Å². The van der Waals surface area contributed by atoms with Crippen LogP contribution in [0.15, 0.2) is 41.5 Å². The smallest absolute Gasteiger partial charge is 0.356 e. The van der Waals surface area contributed by atoms with Gasteiger partial charge in [-0.3, -0.25) is 4.79 Å². The Morgan fingerprint density at radius 3 is 2.70 bits per heavy atom. The standard InChI is InChI=1S/C13H8N4O3/c18-12-7-3-1-2-4-8(7)16-11(17-12)9-10(13(19)20)15-6-5-14-9/h1-6H,(H,19,20)(H,16,17,18). The van der Waals surface area contributed by atoms with Crippen molar-refractivity contribution in [3.8, 4) is 11.5 Å². The number of benzene rings is 1. The Bertz CT molecular complexity index is 873. The van der Waals surface area contributed by atoms with Gasteiger partial charge in [-0.2, -0.15) is 0 Å². The van der Waals surface area contributed by atoms with Crippen molar-refractivity contribution in [2.75, 3.05) is 0 Å². The van der Waals surface area contributed by atoms with Crippen molar-refractivity contribution in [3.63, 3.8) is 0 Å². The van der Waals surface area contributed by atoms with Gasteiger partial charge >= 0.3 is 5.97 Å². The molecule has 3 rings (SSSR count). The fraction of sp³-hybridized carbons (Fsp3) is 0. The second-order valence-electron chi connectivity index (χ2n) is 3.99. The SMILES string of the molecule is O=C(O)c1nccnc1-c1nc2ccccc2c(=O)[nH]1. The minimum atomic E-state index is -1.23. The number of aromatic nitrogens is 4. The van der Waals surface area contributed by atoms with E-state index in [1.54, 1.807) is 24.3 Å². The lowest BCUT2D eigenvalue weighted by Crippen LogP contribution is -2.12. The maximum Gasteiger partial charge on any atom is 0.356 e. The first kappa shape index (κ1) is 12.0. The summed E-state index contributed by atoms with van der Waals surface area (Å²) in [5, 5.41) is 9.52. The molecule has 3 aromatic rings. The Hall–Kier alpha value is -3.09. The molecular weight excluding hydrogens is 260 g/mol. The van der Waals surface area contributed by atoms with Crippen LogP contribution in [0.2, 0.25) is 0 Å². The topological polar surface area (TPSA) is 109 Å². The molecule has 0 saturated carbocycles. The molecule has 1 aromatic carbocycles. The van der Waals surface area contributed by atoms with Gasteiger partial charge in [0.2, 0.25) is 0 Å². The molecule has 0 spiro atoms. The highest BCUT2D eigenvalue weighted by Crippen LogP contribution is 2.16. The van der Waals surface area contributed by atoms with Crippen molar-refractivity contribution in [3.05, 3.63) is 52.7 Å². The van der Waals surface area contributed by atoms with Gasteiger partial charge in [-0.25, -0.2) is 19.7 Å². The average Bonchev–Trinajstić information content (AvgIpc) is 2.47. The van der Waals surface area contributed by atoms with Crippen molar-refractivity contribution in [1.29, 1.82) is 0 Å². The summed E-state index contributed by atoms with van der Waals surface area (Å²) in [7, 11) is 0. The maximum absolute atomic E-state index is 12.0. The minimum absolute atomic E-state index is 0.0304. The molecule has 0 bridgehead atoms. The Morgan fingerprint density at radius 1 is 1.15 bits per heavy atom. The molecule has 0 aliphatic rings. The van der Waals surface area contributed by atoms with Crippen LogP contribution in [0.25, 0.3) is 22.4 Å². The van der Waals surface area contributed by atoms with Crippen LogP contribution in [0.5, 0.6) is 0 Å². The molecule has 2 heterocycles. The predicted octanol–water partition coefficient (Wildman–Crippen LogP) is 1.08. The van der Waals surface area contributed by atoms with Gasteiger partial charge in [0.25, 0.3) is 5.56 Å². The van der Waals surface area contributed by atoms with Gasteiger partial charge in [-0.1, -0.05) is 12.1 Å². The zero-order chi connectivity index (χ0) is 14.1. The number of aromatic amines is 1. The van der Waals surface area contributed by atoms with Gasteiger partial charge in [-0.15, -0.1) is 0 Å². The van der Waals surface area contributed by atoms with Gasteiger partial charge in [0.15, 0.2) is 11.5 Å². The second kappa shape index (κ2) is 4.54. The van der Waals surface area contributed by atoms with Gasteiger partial charge in [-0.05, 0) is 12.1 Å². The first-order valence-corrected chi connectivity index (χ1v) is 5.70. The van der Waals surface area contributed by atoms with Gasteiger partial charge in [0.05, 0.1) is 10.9 Å². The number of hydrogen-bond donors (Lipinski definition) is 2. The molecule has 0 aliphatic carbocycles. The van der Waals surface area contributed by atoms with E-state index in [2.05, 4.69) is 19.9 Å². The summed E-state index contributed by atoms with van der Waals surface area (Å²) >= 11 is 0. The van der Waals surface area contributed by atoms with Crippen LogP contribution in [0, 0.1) is 0 Å². The van der Waals surface area contributed by atoms with E-state index in [1.165, 1.54) is 12.4 Å². The largest absolute Gasteiger partial charge is 0.476 e. The summed E-state index contributed by atoms with van der Waals surface area (Å²) in [4.78, 5) is 37.5. The Morgan fingerprint density at radius 2 is 1.90 bits per heavy atom. The van der Waals surface area contributed by atoms with E-state index >= 15 is 0 Å². The van der Waals surface area contributed by atoms with Crippen LogP contribution in [-0.2, 0) is 0 Å². The molecule has 0 saturated heterocycles. The highest BCUT2D eigenvalue weighted by Gasteiger charge is 2.17. The van der Waals surface area contributed by atoms with Crippen LogP contribution >= 0.6 is 0 Å². The Labute approximate surface area is 112 Å². The molecule has 98 valence electrons. The van der Waals surface area contributed by atoms with Crippen molar-refractivity contribution >= 4 is 16.9 Å². The predicted molar refractivity (Wildman–Crippen MR) is 70.3 cm³/mol. The first-order chi connectivity index (χ1) is 9.66. The van der Waals surface area contributed by atoms with Crippen LogP contribution in [-0.4, -0.2) is 31.0 Å². The average molecular weight is 268 g/mol. The Balaban J connectivity index is 2.31. The van der Waals surface area contributed by atoms with Crippen LogP contribution < -0.4 is 5.56 Å². The molecule has 7 nitrogen and oxygen atoms in total. The summed E-state index contributed by atoms with van der Waals surface area (Å²) < 4.78 is 0. The lowest BCUT2D eigenvalue weighted by molar-refractivity contribution is 0.0691. The number of fused-ring (bicyclic) bond motifs is 1. The molecular formula is C13H8N4O3. The summed E-state index contributed by atoms with van der Waals surface area (Å²) in [6.07, 6.45) is 2.61. The molecule has 0 amide bonds. The molecule has 2 N–H and O–H groups in total. The highest BCUT2D eigenvalue weighted by molar-refractivity contribution is 5.92. The van der Waals surface area contributed by atoms with Crippen LogP contribution in [0.4, 0.5) is 0 Å². The molecule has 0 unspecified atom stereocenters. The van der Waals surface area contributed by atoms with Crippen molar-refractivity contribution in [2.45, 2.75) is 0 Å². The van der Waals surface area contributed by atoms with Gasteiger partial charge in [0.1, 0.15) is 5.69 Å². The second-order valence-corrected chi connectivity index (χ2v) is 3.99. The minimum Gasteiger partial charge on any atom is -0.476 e. The van der Waals surface area contributed by atoms with E-state index in [0.717, 1.165) is 0 Å². The van der Waals surface area contributed by atoms with E-state index in [-0.39, 0.29) is 22.8 Å². The lowest BCUT2D eigenvalue weighted by atomic mass is 10.2. The summed E-state index contributed by atoms with van der Waals surface area (Å²) in [6.45, 7) is 0. The molecule has 7 heteroatoms. The van der Waals surface area contributed by atoms with Crippen molar-refractivity contribution < 1.29 is 9.90 Å². The molecule has 0 atom stereocenters. The summed E-state index contributed by atoms with van der Waals surface area (Å²) in [5.74, 6) is -1.15. The van der Waals surface area contributed by atoms with E-state index in [0.29, 0.717) is 10.9 Å². The normalized spacial score (nSPS) is 10.6. The van der Waals surface area contributed by atoms with E-state index in [1.807, 2.05) is 0 Å².